The molecular weight excluding hydrogens is 470 g/mol. The number of aryl methyl sites for hydroxylation is 1. The monoisotopic (exact) mass is 494 g/mol. The van der Waals surface area contributed by atoms with Crippen molar-refractivity contribution in [2.24, 2.45) is 0 Å². The molecule has 3 aromatic heterocycles. The van der Waals surface area contributed by atoms with Gasteiger partial charge in [0.05, 0.1) is 34.7 Å². The number of fused-ring (bicyclic) bond motifs is 1. The number of halogens is 2. The zero-order valence-corrected chi connectivity index (χ0v) is 19.4. The number of nitrogens with zero attached hydrogens (tertiary/aromatic N) is 3. The Morgan fingerprint density at radius 1 is 1.11 bits per heavy atom. The summed E-state index contributed by atoms with van der Waals surface area (Å²) in [5.41, 5.74) is 0.155. The summed E-state index contributed by atoms with van der Waals surface area (Å²) in [7, 11) is 0. The number of imidazole rings is 1. The van der Waals surface area contributed by atoms with E-state index in [2.05, 4.69) is 15.3 Å². The number of carbonyl (C=O) groups is 1. The van der Waals surface area contributed by atoms with Crippen LogP contribution in [0.1, 0.15) is 40.3 Å². The van der Waals surface area contributed by atoms with Gasteiger partial charge in [-0.05, 0) is 43.3 Å². The molecule has 1 amide bonds. The third-order valence-corrected chi connectivity index (χ3v) is 6.50. The van der Waals surface area contributed by atoms with E-state index in [4.69, 9.17) is 4.74 Å². The van der Waals surface area contributed by atoms with Crippen LogP contribution in [0.3, 0.4) is 0 Å². The molecule has 1 aliphatic rings. The van der Waals surface area contributed by atoms with Crippen LogP contribution in [0.2, 0.25) is 0 Å². The van der Waals surface area contributed by atoms with Crippen LogP contribution in [0.25, 0.3) is 5.65 Å². The molecule has 1 unspecified atom stereocenters. The number of carbonyl (C=O) groups excluding carboxylic acids is 1. The summed E-state index contributed by atoms with van der Waals surface area (Å²) in [6.45, 7) is 1.30. The number of aromatic nitrogens is 3. The molecule has 3 heterocycles. The SMILES string of the molecule is Cc1nc2c(OCc3c(F)cccc3F)cccn2c1C(=O)NC1(c2ccccn2)C[C@@H](O)[C@@H](O)C1. The van der Waals surface area contributed by atoms with Crippen molar-refractivity contribution < 1.29 is 28.5 Å². The van der Waals surface area contributed by atoms with Gasteiger partial charge in [-0.3, -0.25) is 14.2 Å². The number of benzene rings is 1. The van der Waals surface area contributed by atoms with E-state index >= 15 is 0 Å². The van der Waals surface area contributed by atoms with Gasteiger partial charge in [-0.25, -0.2) is 13.8 Å². The van der Waals surface area contributed by atoms with Crippen LogP contribution < -0.4 is 10.1 Å². The molecule has 3 atom stereocenters. The van der Waals surface area contributed by atoms with Crippen molar-refractivity contribution in [1.82, 2.24) is 19.7 Å². The molecule has 4 aromatic rings. The second-order valence-corrected chi connectivity index (χ2v) is 8.89. The first-order chi connectivity index (χ1) is 17.3. The lowest BCUT2D eigenvalue weighted by Crippen LogP contribution is -2.45. The standard InChI is InChI=1S/C26H24F2N4O4/c1-15-23(25(35)31-26(12-19(33)20(34)13-26)22-9-2-3-10-29-22)32-11-5-8-21(24(32)30-15)36-14-16-17(27)6-4-7-18(16)28/h2-11,19-20,33-34H,12-14H2,1H3,(H,31,35)/t19-,20+,26?. The summed E-state index contributed by atoms with van der Waals surface area (Å²) < 4.78 is 35.3. The Labute approximate surface area is 205 Å². The van der Waals surface area contributed by atoms with Crippen molar-refractivity contribution in [3.63, 3.8) is 0 Å². The summed E-state index contributed by atoms with van der Waals surface area (Å²) in [4.78, 5) is 22.4. The van der Waals surface area contributed by atoms with E-state index in [1.54, 1.807) is 49.6 Å². The van der Waals surface area contributed by atoms with Gasteiger partial charge in [-0.15, -0.1) is 0 Å². The van der Waals surface area contributed by atoms with Crippen LogP contribution in [0.5, 0.6) is 5.75 Å². The number of ether oxygens (including phenoxy) is 1. The number of aliphatic hydroxyl groups excluding tert-OH is 2. The minimum absolute atomic E-state index is 0.0925. The van der Waals surface area contributed by atoms with Crippen molar-refractivity contribution in [3.8, 4) is 5.75 Å². The summed E-state index contributed by atoms with van der Waals surface area (Å²) in [5, 5.41) is 23.5. The molecule has 0 bridgehead atoms. The molecule has 0 aliphatic heterocycles. The third-order valence-electron chi connectivity index (χ3n) is 6.50. The minimum atomic E-state index is -1.08. The Hall–Kier alpha value is -3.89. The van der Waals surface area contributed by atoms with E-state index in [1.807, 2.05) is 0 Å². The Balaban J connectivity index is 1.47. The number of pyridine rings is 2. The van der Waals surface area contributed by atoms with Crippen LogP contribution in [0.15, 0.2) is 60.9 Å². The van der Waals surface area contributed by atoms with E-state index in [0.717, 1.165) is 12.1 Å². The van der Waals surface area contributed by atoms with E-state index in [-0.39, 0.29) is 36.5 Å². The third kappa shape index (κ3) is 4.18. The quantitative estimate of drug-likeness (QED) is 0.380. The summed E-state index contributed by atoms with van der Waals surface area (Å²) >= 11 is 0. The molecule has 1 aromatic carbocycles. The average molecular weight is 494 g/mol. The number of nitrogens with one attached hydrogen (secondary N) is 1. The zero-order valence-electron chi connectivity index (χ0n) is 19.4. The Kier molecular flexibility index (Phi) is 6.15. The molecule has 36 heavy (non-hydrogen) atoms. The second-order valence-electron chi connectivity index (χ2n) is 8.89. The van der Waals surface area contributed by atoms with Crippen LogP contribution in [-0.4, -0.2) is 42.7 Å². The maximum atomic E-state index is 14.0. The smallest absolute Gasteiger partial charge is 0.270 e. The molecule has 10 heteroatoms. The molecule has 3 N–H and O–H groups in total. The van der Waals surface area contributed by atoms with Crippen molar-refractivity contribution >= 4 is 11.6 Å². The Morgan fingerprint density at radius 3 is 2.50 bits per heavy atom. The number of hydrogen-bond donors (Lipinski definition) is 3. The molecule has 0 radical (unpaired) electrons. The van der Waals surface area contributed by atoms with Crippen LogP contribution in [0.4, 0.5) is 8.78 Å². The van der Waals surface area contributed by atoms with E-state index in [0.29, 0.717) is 17.0 Å². The summed E-state index contributed by atoms with van der Waals surface area (Å²) in [6, 6.07) is 12.1. The molecule has 186 valence electrons. The highest BCUT2D eigenvalue weighted by Gasteiger charge is 2.47. The molecule has 1 fully saturated rings. The fourth-order valence-electron chi connectivity index (χ4n) is 4.73. The van der Waals surface area contributed by atoms with Gasteiger partial charge < -0.3 is 20.3 Å². The van der Waals surface area contributed by atoms with Crippen molar-refractivity contribution in [1.29, 1.82) is 0 Å². The van der Waals surface area contributed by atoms with Gasteiger partial charge in [-0.2, -0.15) is 0 Å². The van der Waals surface area contributed by atoms with Crippen LogP contribution >= 0.6 is 0 Å². The van der Waals surface area contributed by atoms with Gasteiger partial charge >= 0.3 is 0 Å². The van der Waals surface area contributed by atoms with Gasteiger partial charge in [0.1, 0.15) is 23.9 Å². The fourth-order valence-corrected chi connectivity index (χ4v) is 4.73. The van der Waals surface area contributed by atoms with Gasteiger partial charge in [-0.1, -0.05) is 12.1 Å². The summed E-state index contributed by atoms with van der Waals surface area (Å²) in [6.07, 6.45) is 1.36. The molecule has 1 aliphatic carbocycles. The van der Waals surface area contributed by atoms with E-state index < -0.39 is 35.3 Å². The van der Waals surface area contributed by atoms with Gasteiger partial charge in [0, 0.05) is 25.2 Å². The van der Waals surface area contributed by atoms with Gasteiger partial charge in [0.25, 0.3) is 5.91 Å². The predicted molar refractivity (Wildman–Crippen MR) is 125 cm³/mol. The topological polar surface area (TPSA) is 109 Å². The van der Waals surface area contributed by atoms with Crippen molar-refractivity contribution in [2.45, 2.75) is 44.1 Å². The van der Waals surface area contributed by atoms with E-state index in [1.165, 1.54) is 10.5 Å². The molecular formula is C26H24F2N4O4. The number of hydrogen-bond acceptors (Lipinski definition) is 6. The van der Waals surface area contributed by atoms with Gasteiger partial charge in [0.2, 0.25) is 0 Å². The predicted octanol–water partition coefficient (Wildman–Crippen LogP) is 3.04. The Bertz CT molecular complexity index is 1400. The lowest BCUT2D eigenvalue weighted by Gasteiger charge is -2.30. The lowest BCUT2D eigenvalue weighted by molar-refractivity contribution is 0.0438. The maximum absolute atomic E-state index is 14.0. The average Bonchev–Trinajstić information content (AvgIpc) is 3.35. The highest BCUT2D eigenvalue weighted by molar-refractivity contribution is 5.95. The number of rotatable bonds is 6. The molecule has 0 saturated heterocycles. The first-order valence-electron chi connectivity index (χ1n) is 11.4. The largest absolute Gasteiger partial charge is 0.485 e. The number of amides is 1. The van der Waals surface area contributed by atoms with Crippen LogP contribution in [0, 0.1) is 18.6 Å². The molecule has 5 rings (SSSR count). The second kappa shape index (κ2) is 9.29. The summed E-state index contributed by atoms with van der Waals surface area (Å²) in [5.74, 6) is -1.68. The van der Waals surface area contributed by atoms with Gasteiger partial charge in [0.15, 0.2) is 11.4 Å². The van der Waals surface area contributed by atoms with Crippen molar-refractivity contribution in [3.05, 3.63) is 95.2 Å². The highest BCUT2D eigenvalue weighted by atomic mass is 19.1. The zero-order chi connectivity index (χ0) is 25.4. The molecule has 1 saturated carbocycles. The molecule has 0 spiro atoms. The lowest BCUT2D eigenvalue weighted by atomic mass is 9.91. The number of aliphatic hydroxyl groups is 2. The van der Waals surface area contributed by atoms with Crippen molar-refractivity contribution in [2.75, 3.05) is 0 Å². The Morgan fingerprint density at radius 2 is 1.83 bits per heavy atom. The van der Waals surface area contributed by atoms with Crippen LogP contribution in [-0.2, 0) is 12.1 Å². The molecule has 8 nitrogen and oxygen atoms in total. The minimum Gasteiger partial charge on any atom is -0.485 e. The normalized spacial score (nSPS) is 21.6. The van der Waals surface area contributed by atoms with E-state index in [9.17, 15) is 23.8 Å². The fraction of sp³-hybridized carbons (Fsp3) is 0.269. The highest BCUT2D eigenvalue weighted by Crippen LogP contribution is 2.38. The maximum Gasteiger partial charge on any atom is 0.270 e. The first kappa shape index (κ1) is 23.8. The first-order valence-corrected chi connectivity index (χ1v) is 11.4.